The maximum Gasteiger partial charge on any atom is 0.228 e. The number of nitrogens with zero attached hydrogens (tertiary/aromatic N) is 2. The van der Waals surface area contributed by atoms with Gasteiger partial charge in [0.2, 0.25) is 5.91 Å². The molecule has 0 aliphatic carbocycles. The van der Waals surface area contributed by atoms with Gasteiger partial charge < -0.3 is 9.64 Å². The van der Waals surface area contributed by atoms with Gasteiger partial charge in [-0.2, -0.15) is 5.10 Å². The summed E-state index contributed by atoms with van der Waals surface area (Å²) in [6.45, 7) is 4.04. The zero-order chi connectivity index (χ0) is 16.1. The van der Waals surface area contributed by atoms with Gasteiger partial charge in [-0.1, -0.05) is 30.3 Å². The summed E-state index contributed by atoms with van der Waals surface area (Å²) in [5, 5.41) is 7.07. The summed E-state index contributed by atoms with van der Waals surface area (Å²) in [6.07, 6.45) is 2.12. The summed E-state index contributed by atoms with van der Waals surface area (Å²) >= 11 is 0. The van der Waals surface area contributed by atoms with Gasteiger partial charge >= 0.3 is 0 Å². The second-order valence-electron chi connectivity index (χ2n) is 6.06. The number of aryl methyl sites for hydroxylation is 1. The van der Waals surface area contributed by atoms with Crippen LogP contribution >= 0.6 is 0 Å². The van der Waals surface area contributed by atoms with E-state index in [9.17, 15) is 4.79 Å². The predicted octanol–water partition coefficient (Wildman–Crippen LogP) is 2.12. The topological polar surface area (TPSA) is 58.2 Å². The highest BCUT2D eigenvalue weighted by atomic mass is 16.5. The van der Waals surface area contributed by atoms with Gasteiger partial charge in [-0.15, -0.1) is 0 Å². The number of carbonyl (C=O) groups is 1. The van der Waals surface area contributed by atoms with E-state index in [4.69, 9.17) is 4.74 Å². The Kier molecular flexibility index (Phi) is 5.08. The molecule has 1 aromatic carbocycles. The Labute approximate surface area is 136 Å². The fourth-order valence-corrected chi connectivity index (χ4v) is 2.99. The van der Waals surface area contributed by atoms with Gasteiger partial charge in [0, 0.05) is 18.8 Å². The number of rotatable bonds is 6. The van der Waals surface area contributed by atoms with Gasteiger partial charge in [-0.05, 0) is 31.4 Å². The van der Waals surface area contributed by atoms with Crippen molar-refractivity contribution in [1.29, 1.82) is 0 Å². The Morgan fingerprint density at radius 3 is 2.87 bits per heavy atom. The van der Waals surface area contributed by atoms with Crippen molar-refractivity contribution in [2.45, 2.75) is 32.2 Å². The number of hydrogen-bond donors (Lipinski definition) is 1. The molecule has 1 unspecified atom stereocenters. The van der Waals surface area contributed by atoms with E-state index >= 15 is 0 Å². The minimum absolute atomic E-state index is 0.128. The first-order valence-corrected chi connectivity index (χ1v) is 8.14. The Hall–Kier alpha value is -2.14. The van der Waals surface area contributed by atoms with Crippen LogP contribution in [0.1, 0.15) is 23.4 Å². The maximum absolute atomic E-state index is 12.7. The monoisotopic (exact) mass is 313 g/mol. The molecule has 5 nitrogen and oxygen atoms in total. The van der Waals surface area contributed by atoms with Crippen molar-refractivity contribution in [3.8, 4) is 0 Å². The van der Waals surface area contributed by atoms with Crippen LogP contribution in [0.25, 0.3) is 0 Å². The first kappa shape index (κ1) is 15.7. The van der Waals surface area contributed by atoms with E-state index in [-0.39, 0.29) is 11.9 Å². The number of amides is 1. The standard InChI is InChI=1S/C18H23N3O2/c1-14-11-16(20-19-14)12-18(22)21(17-8-10-23-13-17)9-7-15-5-3-2-4-6-15/h2-6,11,17H,7-10,12-13H2,1H3,(H,19,20). The van der Waals surface area contributed by atoms with E-state index in [1.165, 1.54) is 5.56 Å². The predicted molar refractivity (Wildman–Crippen MR) is 88.1 cm³/mol. The average Bonchev–Trinajstić information content (AvgIpc) is 3.21. The third-order valence-corrected chi connectivity index (χ3v) is 4.24. The molecule has 23 heavy (non-hydrogen) atoms. The molecule has 1 amide bonds. The van der Waals surface area contributed by atoms with Gasteiger partial charge in [0.1, 0.15) is 0 Å². The molecule has 0 saturated carbocycles. The summed E-state index contributed by atoms with van der Waals surface area (Å²) in [7, 11) is 0. The SMILES string of the molecule is Cc1cc(CC(=O)N(CCc2ccccc2)C2CCOC2)n[nH]1. The molecule has 2 aromatic rings. The maximum atomic E-state index is 12.7. The van der Waals surface area contributed by atoms with Crippen LogP contribution in [0, 0.1) is 6.92 Å². The van der Waals surface area contributed by atoms with Crippen molar-refractivity contribution in [3.05, 3.63) is 53.3 Å². The Bertz CT molecular complexity index is 633. The molecule has 122 valence electrons. The number of carbonyl (C=O) groups excluding carboxylic acids is 1. The van der Waals surface area contributed by atoms with E-state index in [2.05, 4.69) is 22.3 Å². The van der Waals surface area contributed by atoms with E-state index in [1.54, 1.807) is 0 Å². The van der Waals surface area contributed by atoms with E-state index < -0.39 is 0 Å². The molecule has 1 aromatic heterocycles. The minimum Gasteiger partial charge on any atom is -0.379 e. The van der Waals surface area contributed by atoms with Crippen LogP contribution in [0.4, 0.5) is 0 Å². The zero-order valence-corrected chi connectivity index (χ0v) is 13.5. The molecule has 1 N–H and O–H groups in total. The van der Waals surface area contributed by atoms with Gasteiger partial charge in [-0.25, -0.2) is 0 Å². The molecule has 1 aliphatic rings. The van der Waals surface area contributed by atoms with Gasteiger partial charge in [0.25, 0.3) is 0 Å². The van der Waals surface area contributed by atoms with Crippen molar-refractivity contribution in [2.24, 2.45) is 0 Å². The molecular formula is C18H23N3O2. The average molecular weight is 313 g/mol. The highest BCUT2D eigenvalue weighted by molar-refractivity contribution is 5.78. The molecule has 5 heteroatoms. The van der Waals surface area contributed by atoms with Crippen molar-refractivity contribution in [3.63, 3.8) is 0 Å². The van der Waals surface area contributed by atoms with Crippen LogP contribution in [0.3, 0.4) is 0 Å². The Balaban J connectivity index is 1.66. The molecule has 0 radical (unpaired) electrons. The molecule has 1 fully saturated rings. The van der Waals surface area contributed by atoms with Gasteiger partial charge in [-0.3, -0.25) is 9.89 Å². The van der Waals surface area contributed by atoms with Crippen LogP contribution in [0.5, 0.6) is 0 Å². The van der Waals surface area contributed by atoms with E-state index in [0.717, 1.165) is 37.4 Å². The first-order chi connectivity index (χ1) is 11.2. The minimum atomic E-state index is 0.128. The lowest BCUT2D eigenvalue weighted by Crippen LogP contribution is -2.42. The summed E-state index contributed by atoms with van der Waals surface area (Å²) in [6, 6.07) is 12.4. The fourth-order valence-electron chi connectivity index (χ4n) is 2.99. The highest BCUT2D eigenvalue weighted by Crippen LogP contribution is 2.15. The van der Waals surface area contributed by atoms with Crippen molar-refractivity contribution in [1.82, 2.24) is 15.1 Å². The Morgan fingerprint density at radius 2 is 2.22 bits per heavy atom. The molecule has 0 spiro atoms. The molecule has 3 rings (SSSR count). The summed E-state index contributed by atoms with van der Waals surface area (Å²) < 4.78 is 5.48. The fraction of sp³-hybridized carbons (Fsp3) is 0.444. The van der Waals surface area contributed by atoms with Crippen molar-refractivity contribution >= 4 is 5.91 Å². The van der Waals surface area contributed by atoms with Crippen LogP contribution < -0.4 is 0 Å². The lowest BCUT2D eigenvalue weighted by molar-refractivity contribution is -0.132. The summed E-state index contributed by atoms with van der Waals surface area (Å²) in [4.78, 5) is 14.7. The normalized spacial score (nSPS) is 17.3. The van der Waals surface area contributed by atoms with Crippen molar-refractivity contribution < 1.29 is 9.53 Å². The molecule has 1 saturated heterocycles. The molecular weight excluding hydrogens is 290 g/mol. The molecule has 0 bridgehead atoms. The number of H-pyrrole nitrogens is 1. The van der Waals surface area contributed by atoms with E-state index in [0.29, 0.717) is 13.0 Å². The van der Waals surface area contributed by atoms with Gasteiger partial charge in [0.05, 0.1) is 24.8 Å². The van der Waals surface area contributed by atoms with Crippen molar-refractivity contribution in [2.75, 3.05) is 19.8 Å². The number of hydrogen-bond acceptors (Lipinski definition) is 3. The number of aromatic nitrogens is 2. The lowest BCUT2D eigenvalue weighted by atomic mass is 10.1. The second-order valence-corrected chi connectivity index (χ2v) is 6.06. The van der Waals surface area contributed by atoms with Crippen LogP contribution in [0.2, 0.25) is 0 Å². The smallest absolute Gasteiger partial charge is 0.228 e. The number of aromatic amines is 1. The number of ether oxygens (including phenoxy) is 1. The largest absolute Gasteiger partial charge is 0.379 e. The third-order valence-electron chi connectivity index (χ3n) is 4.24. The van der Waals surface area contributed by atoms with Crippen LogP contribution in [-0.4, -0.2) is 46.8 Å². The summed E-state index contributed by atoms with van der Waals surface area (Å²) in [5.41, 5.74) is 3.03. The lowest BCUT2D eigenvalue weighted by Gasteiger charge is -2.28. The number of nitrogens with one attached hydrogen (secondary N) is 1. The highest BCUT2D eigenvalue weighted by Gasteiger charge is 2.27. The second kappa shape index (κ2) is 7.42. The first-order valence-electron chi connectivity index (χ1n) is 8.14. The summed E-state index contributed by atoms with van der Waals surface area (Å²) in [5.74, 6) is 0.128. The number of benzene rings is 1. The van der Waals surface area contributed by atoms with Crippen LogP contribution in [0.15, 0.2) is 36.4 Å². The zero-order valence-electron chi connectivity index (χ0n) is 13.5. The quantitative estimate of drug-likeness (QED) is 0.889. The molecule has 2 heterocycles. The molecule has 1 atom stereocenters. The Morgan fingerprint density at radius 1 is 1.39 bits per heavy atom. The van der Waals surface area contributed by atoms with E-state index in [1.807, 2.05) is 36.1 Å². The molecule has 1 aliphatic heterocycles. The van der Waals surface area contributed by atoms with Gasteiger partial charge in [0.15, 0.2) is 0 Å². The van der Waals surface area contributed by atoms with Crippen LogP contribution in [-0.2, 0) is 22.4 Å². The third kappa shape index (κ3) is 4.20.